The van der Waals surface area contributed by atoms with Crippen LogP contribution in [0.2, 0.25) is 0 Å². The Bertz CT molecular complexity index is 875. The van der Waals surface area contributed by atoms with Crippen LogP contribution < -0.4 is 4.74 Å². The normalized spacial score (nSPS) is 10.7. The highest BCUT2D eigenvalue weighted by Crippen LogP contribution is 2.33. The summed E-state index contributed by atoms with van der Waals surface area (Å²) in [6.45, 7) is 1.78. The number of aromatic nitrogens is 1. The fourth-order valence-corrected chi connectivity index (χ4v) is 2.45. The maximum atomic E-state index is 10.9. The van der Waals surface area contributed by atoms with E-state index in [2.05, 4.69) is 4.98 Å². The fraction of sp³-hybridized carbons (Fsp3) is 0.111. The van der Waals surface area contributed by atoms with Crippen LogP contribution in [0.15, 0.2) is 48.5 Å². The molecular formula is C18H15NO4. The van der Waals surface area contributed by atoms with E-state index in [0.29, 0.717) is 22.6 Å². The molecule has 5 heteroatoms. The van der Waals surface area contributed by atoms with Gasteiger partial charge in [0.25, 0.3) is 0 Å². The summed E-state index contributed by atoms with van der Waals surface area (Å²) >= 11 is 0. The first kappa shape index (κ1) is 14.8. The minimum Gasteiger partial charge on any atom is -0.505 e. The first-order valence-corrected chi connectivity index (χ1v) is 7.11. The van der Waals surface area contributed by atoms with Crippen molar-refractivity contribution in [1.29, 1.82) is 0 Å². The number of carboxylic acid groups (broad SMARTS) is 1. The first-order chi connectivity index (χ1) is 11.0. The molecule has 0 fully saturated rings. The van der Waals surface area contributed by atoms with Gasteiger partial charge < -0.3 is 14.9 Å². The number of ether oxygens (including phenoxy) is 1. The van der Waals surface area contributed by atoms with Gasteiger partial charge in [0.2, 0.25) is 0 Å². The standard InChI is InChI=1S/C18H15NO4/c1-11-15-9-13(23-12-5-3-2-4-6-12)7-8-14(15)18(22)16(19-11)10-17(20)21/h2-9,22H,10H2,1H3,(H,20,21). The summed E-state index contributed by atoms with van der Waals surface area (Å²) in [6.07, 6.45) is -0.315. The van der Waals surface area contributed by atoms with Crippen LogP contribution >= 0.6 is 0 Å². The van der Waals surface area contributed by atoms with Gasteiger partial charge in [0.1, 0.15) is 17.2 Å². The molecule has 3 rings (SSSR count). The van der Waals surface area contributed by atoms with Crippen LogP contribution in [0, 0.1) is 6.92 Å². The van der Waals surface area contributed by atoms with Gasteiger partial charge >= 0.3 is 5.97 Å². The molecule has 1 aromatic heterocycles. The number of carbonyl (C=O) groups is 1. The number of rotatable bonds is 4. The second-order valence-electron chi connectivity index (χ2n) is 5.19. The van der Waals surface area contributed by atoms with Gasteiger partial charge in [-0.2, -0.15) is 0 Å². The number of pyridine rings is 1. The summed E-state index contributed by atoms with van der Waals surface area (Å²) in [7, 11) is 0. The highest BCUT2D eigenvalue weighted by Gasteiger charge is 2.14. The molecule has 3 aromatic rings. The van der Waals surface area contributed by atoms with Crippen LogP contribution in [-0.4, -0.2) is 21.2 Å². The third kappa shape index (κ3) is 3.08. The van der Waals surface area contributed by atoms with Crippen molar-refractivity contribution in [2.45, 2.75) is 13.3 Å². The topological polar surface area (TPSA) is 79.7 Å². The number of hydrogen-bond acceptors (Lipinski definition) is 4. The second kappa shape index (κ2) is 5.96. The molecule has 0 unspecified atom stereocenters. The molecule has 0 aliphatic rings. The summed E-state index contributed by atoms with van der Waals surface area (Å²) in [5, 5.41) is 20.4. The molecule has 0 saturated carbocycles. The summed E-state index contributed by atoms with van der Waals surface area (Å²) in [6, 6.07) is 14.6. The molecule has 0 saturated heterocycles. The number of hydrogen-bond donors (Lipinski definition) is 2. The van der Waals surface area contributed by atoms with E-state index >= 15 is 0 Å². The number of carboxylic acids is 1. The number of para-hydroxylation sites is 1. The zero-order valence-corrected chi connectivity index (χ0v) is 12.5. The molecule has 0 radical (unpaired) electrons. The zero-order chi connectivity index (χ0) is 16.4. The lowest BCUT2D eigenvalue weighted by molar-refractivity contribution is -0.136. The van der Waals surface area contributed by atoms with Crippen LogP contribution in [-0.2, 0) is 11.2 Å². The van der Waals surface area contributed by atoms with E-state index in [4.69, 9.17) is 9.84 Å². The highest BCUT2D eigenvalue weighted by atomic mass is 16.5. The number of nitrogens with zero attached hydrogens (tertiary/aromatic N) is 1. The van der Waals surface area contributed by atoms with Gasteiger partial charge in [-0.05, 0) is 37.3 Å². The zero-order valence-electron chi connectivity index (χ0n) is 12.5. The van der Waals surface area contributed by atoms with Gasteiger partial charge in [-0.15, -0.1) is 0 Å². The number of benzene rings is 2. The van der Waals surface area contributed by atoms with Crippen molar-refractivity contribution in [3.05, 3.63) is 59.9 Å². The largest absolute Gasteiger partial charge is 0.505 e. The third-order valence-corrected chi connectivity index (χ3v) is 3.51. The third-order valence-electron chi connectivity index (χ3n) is 3.51. The second-order valence-corrected chi connectivity index (χ2v) is 5.19. The number of aromatic hydroxyl groups is 1. The molecular weight excluding hydrogens is 294 g/mol. The Kier molecular flexibility index (Phi) is 3.85. The summed E-state index contributed by atoms with van der Waals surface area (Å²) in [5.41, 5.74) is 0.812. The maximum absolute atomic E-state index is 10.9. The average Bonchev–Trinajstić information content (AvgIpc) is 2.53. The molecule has 1 heterocycles. The van der Waals surface area contributed by atoms with Crippen LogP contribution in [0.1, 0.15) is 11.4 Å². The van der Waals surface area contributed by atoms with Crippen molar-refractivity contribution in [3.63, 3.8) is 0 Å². The summed E-state index contributed by atoms with van der Waals surface area (Å²) in [5.74, 6) is 0.206. The fourth-order valence-electron chi connectivity index (χ4n) is 2.45. The minimum absolute atomic E-state index is 0.0979. The van der Waals surface area contributed by atoms with E-state index in [1.165, 1.54) is 0 Å². The van der Waals surface area contributed by atoms with Crippen molar-refractivity contribution in [2.75, 3.05) is 0 Å². The van der Waals surface area contributed by atoms with Gasteiger partial charge in [0.05, 0.1) is 12.1 Å². The lowest BCUT2D eigenvalue weighted by Crippen LogP contribution is -2.04. The Morgan fingerprint density at radius 3 is 2.52 bits per heavy atom. The lowest BCUT2D eigenvalue weighted by atomic mass is 10.1. The molecule has 2 N–H and O–H groups in total. The summed E-state index contributed by atoms with van der Waals surface area (Å²) in [4.78, 5) is 15.1. The maximum Gasteiger partial charge on any atom is 0.309 e. The average molecular weight is 309 g/mol. The first-order valence-electron chi connectivity index (χ1n) is 7.11. The van der Waals surface area contributed by atoms with Crippen molar-refractivity contribution < 1.29 is 19.7 Å². The van der Waals surface area contributed by atoms with E-state index in [0.717, 1.165) is 5.39 Å². The van der Waals surface area contributed by atoms with Crippen molar-refractivity contribution in [1.82, 2.24) is 4.98 Å². The van der Waals surface area contributed by atoms with Crippen LogP contribution in [0.25, 0.3) is 10.8 Å². The lowest BCUT2D eigenvalue weighted by Gasteiger charge is -2.11. The number of fused-ring (bicyclic) bond motifs is 1. The molecule has 0 atom stereocenters. The molecule has 0 amide bonds. The minimum atomic E-state index is -1.03. The molecule has 23 heavy (non-hydrogen) atoms. The van der Waals surface area contributed by atoms with Crippen LogP contribution in [0.5, 0.6) is 17.2 Å². The van der Waals surface area contributed by atoms with E-state index in [1.807, 2.05) is 30.3 Å². The Morgan fingerprint density at radius 2 is 1.83 bits per heavy atom. The number of aryl methyl sites for hydroxylation is 1. The Balaban J connectivity index is 2.03. The van der Waals surface area contributed by atoms with E-state index in [-0.39, 0.29) is 17.9 Å². The Hall–Kier alpha value is -3.08. The molecule has 0 spiro atoms. The van der Waals surface area contributed by atoms with Crippen molar-refractivity contribution >= 4 is 16.7 Å². The van der Waals surface area contributed by atoms with E-state index in [1.54, 1.807) is 25.1 Å². The quantitative estimate of drug-likeness (QED) is 0.768. The highest BCUT2D eigenvalue weighted by molar-refractivity contribution is 5.92. The Labute approximate surface area is 132 Å². The van der Waals surface area contributed by atoms with E-state index < -0.39 is 5.97 Å². The Morgan fingerprint density at radius 1 is 1.09 bits per heavy atom. The van der Waals surface area contributed by atoms with Gasteiger partial charge in [-0.1, -0.05) is 18.2 Å². The predicted octanol–water partition coefficient (Wildman–Crippen LogP) is 3.67. The van der Waals surface area contributed by atoms with Crippen molar-refractivity contribution in [3.8, 4) is 17.2 Å². The van der Waals surface area contributed by atoms with Gasteiger partial charge in [0.15, 0.2) is 0 Å². The molecule has 0 aliphatic carbocycles. The van der Waals surface area contributed by atoms with Gasteiger partial charge in [-0.25, -0.2) is 0 Å². The van der Waals surface area contributed by atoms with Crippen LogP contribution in [0.3, 0.4) is 0 Å². The predicted molar refractivity (Wildman–Crippen MR) is 86.0 cm³/mol. The van der Waals surface area contributed by atoms with Gasteiger partial charge in [-0.3, -0.25) is 9.78 Å². The number of aliphatic carboxylic acids is 1. The van der Waals surface area contributed by atoms with Gasteiger partial charge in [0, 0.05) is 16.5 Å². The molecule has 2 aromatic carbocycles. The monoisotopic (exact) mass is 309 g/mol. The van der Waals surface area contributed by atoms with Crippen molar-refractivity contribution in [2.24, 2.45) is 0 Å². The van der Waals surface area contributed by atoms with Crippen LogP contribution in [0.4, 0.5) is 0 Å². The summed E-state index contributed by atoms with van der Waals surface area (Å²) < 4.78 is 5.77. The molecule has 0 bridgehead atoms. The molecule has 5 nitrogen and oxygen atoms in total. The van der Waals surface area contributed by atoms with E-state index in [9.17, 15) is 9.90 Å². The molecule has 116 valence electrons. The smallest absolute Gasteiger partial charge is 0.309 e. The SMILES string of the molecule is Cc1nc(CC(=O)O)c(O)c2ccc(Oc3ccccc3)cc12. The molecule has 0 aliphatic heterocycles.